The van der Waals surface area contributed by atoms with Crippen molar-refractivity contribution < 1.29 is 4.74 Å². The van der Waals surface area contributed by atoms with Crippen molar-refractivity contribution in [1.82, 2.24) is 0 Å². The lowest BCUT2D eigenvalue weighted by Crippen LogP contribution is -2.33. The van der Waals surface area contributed by atoms with Crippen LogP contribution in [0.15, 0.2) is 18.2 Å². The highest BCUT2D eigenvalue weighted by molar-refractivity contribution is 5.39. The van der Waals surface area contributed by atoms with Gasteiger partial charge in [0.05, 0.1) is 6.61 Å². The summed E-state index contributed by atoms with van der Waals surface area (Å²) in [5.74, 6) is 1.62. The second-order valence-electron chi connectivity index (χ2n) is 5.78. The molecule has 0 bridgehead atoms. The molecule has 0 saturated carbocycles. The molecule has 102 valence electrons. The van der Waals surface area contributed by atoms with E-state index in [4.69, 9.17) is 10.5 Å². The van der Waals surface area contributed by atoms with E-state index in [-0.39, 0.29) is 5.41 Å². The second-order valence-corrected chi connectivity index (χ2v) is 5.78. The van der Waals surface area contributed by atoms with Crippen LogP contribution in [0, 0.1) is 12.8 Å². The maximum atomic E-state index is 6.00. The molecule has 0 fully saturated rings. The van der Waals surface area contributed by atoms with E-state index in [2.05, 4.69) is 45.9 Å². The van der Waals surface area contributed by atoms with Crippen LogP contribution in [0.1, 0.15) is 45.2 Å². The largest absolute Gasteiger partial charge is 0.494 e. The molecule has 0 aromatic heterocycles. The fourth-order valence-electron chi connectivity index (χ4n) is 2.56. The van der Waals surface area contributed by atoms with Crippen molar-refractivity contribution in [2.75, 3.05) is 13.2 Å². The minimum absolute atomic E-state index is 0.0592. The first kappa shape index (κ1) is 15.0. The van der Waals surface area contributed by atoms with E-state index < -0.39 is 0 Å². The standard InChI is InChI=1S/C16H27NO/c1-6-18-15-8-7-14(9-13(15)4)16(5,11-17)10-12(2)3/h7-9,12H,6,10-11,17H2,1-5H3. The van der Waals surface area contributed by atoms with Gasteiger partial charge in [-0.15, -0.1) is 0 Å². The molecule has 1 unspecified atom stereocenters. The summed E-state index contributed by atoms with van der Waals surface area (Å²) < 4.78 is 5.59. The zero-order valence-electron chi connectivity index (χ0n) is 12.4. The maximum Gasteiger partial charge on any atom is 0.122 e. The van der Waals surface area contributed by atoms with E-state index in [0.29, 0.717) is 19.1 Å². The molecule has 1 aromatic carbocycles. The molecule has 1 atom stereocenters. The monoisotopic (exact) mass is 249 g/mol. The van der Waals surface area contributed by atoms with Gasteiger partial charge in [0, 0.05) is 12.0 Å². The summed E-state index contributed by atoms with van der Waals surface area (Å²) in [5, 5.41) is 0. The predicted octanol–water partition coefficient (Wildman–Crippen LogP) is 3.66. The molecule has 2 N–H and O–H groups in total. The molecule has 0 radical (unpaired) electrons. The molecule has 0 aliphatic carbocycles. The molecule has 0 aliphatic rings. The first-order chi connectivity index (χ1) is 8.42. The summed E-state index contributed by atoms with van der Waals surface area (Å²) in [6.45, 7) is 12.2. The summed E-state index contributed by atoms with van der Waals surface area (Å²) in [7, 11) is 0. The Morgan fingerprint density at radius 1 is 1.33 bits per heavy atom. The van der Waals surface area contributed by atoms with Crippen LogP contribution in [-0.2, 0) is 5.41 Å². The van der Waals surface area contributed by atoms with Crippen molar-refractivity contribution in [3.8, 4) is 5.75 Å². The topological polar surface area (TPSA) is 35.2 Å². The Kier molecular flexibility index (Phi) is 5.21. The van der Waals surface area contributed by atoms with E-state index in [1.807, 2.05) is 6.92 Å². The van der Waals surface area contributed by atoms with E-state index in [9.17, 15) is 0 Å². The third-order valence-corrected chi connectivity index (χ3v) is 3.48. The normalized spacial score (nSPS) is 14.6. The van der Waals surface area contributed by atoms with E-state index >= 15 is 0 Å². The van der Waals surface area contributed by atoms with Gasteiger partial charge in [0.15, 0.2) is 0 Å². The zero-order chi connectivity index (χ0) is 13.8. The molecule has 0 spiro atoms. The molecular weight excluding hydrogens is 222 g/mol. The lowest BCUT2D eigenvalue weighted by Gasteiger charge is -2.31. The van der Waals surface area contributed by atoms with Gasteiger partial charge in [-0.05, 0) is 43.4 Å². The van der Waals surface area contributed by atoms with Gasteiger partial charge in [-0.25, -0.2) is 0 Å². The quantitative estimate of drug-likeness (QED) is 0.835. The highest BCUT2D eigenvalue weighted by atomic mass is 16.5. The Bertz CT molecular complexity index is 387. The molecular formula is C16H27NO. The van der Waals surface area contributed by atoms with Crippen molar-refractivity contribution in [1.29, 1.82) is 0 Å². The SMILES string of the molecule is CCOc1ccc(C(C)(CN)CC(C)C)cc1C. The van der Waals surface area contributed by atoms with Gasteiger partial charge in [0.25, 0.3) is 0 Å². The van der Waals surface area contributed by atoms with Crippen LogP contribution in [0.25, 0.3) is 0 Å². The summed E-state index contributed by atoms with van der Waals surface area (Å²) in [6, 6.07) is 6.45. The van der Waals surface area contributed by atoms with Crippen molar-refractivity contribution in [2.24, 2.45) is 11.7 Å². The van der Waals surface area contributed by atoms with Crippen LogP contribution >= 0.6 is 0 Å². The van der Waals surface area contributed by atoms with Gasteiger partial charge >= 0.3 is 0 Å². The molecule has 2 nitrogen and oxygen atoms in total. The number of nitrogens with two attached hydrogens (primary N) is 1. The summed E-state index contributed by atoms with van der Waals surface area (Å²) in [4.78, 5) is 0. The second kappa shape index (κ2) is 6.24. The minimum atomic E-state index is 0.0592. The van der Waals surface area contributed by atoms with E-state index in [1.165, 1.54) is 11.1 Å². The molecule has 0 amide bonds. The molecule has 2 heteroatoms. The molecule has 1 rings (SSSR count). The maximum absolute atomic E-state index is 6.00. The van der Waals surface area contributed by atoms with Crippen molar-refractivity contribution >= 4 is 0 Å². The number of hydrogen-bond acceptors (Lipinski definition) is 2. The first-order valence-electron chi connectivity index (χ1n) is 6.87. The summed E-state index contributed by atoms with van der Waals surface area (Å²) in [6.07, 6.45) is 1.11. The van der Waals surface area contributed by atoms with E-state index in [0.717, 1.165) is 12.2 Å². The molecule has 1 aromatic rings. The lowest BCUT2D eigenvalue weighted by molar-refractivity contribution is 0.336. The molecule has 18 heavy (non-hydrogen) atoms. The average Bonchev–Trinajstić information content (AvgIpc) is 2.31. The van der Waals surface area contributed by atoms with Gasteiger partial charge in [0.2, 0.25) is 0 Å². The van der Waals surface area contributed by atoms with Gasteiger partial charge in [-0.3, -0.25) is 0 Å². The fraction of sp³-hybridized carbons (Fsp3) is 0.625. The van der Waals surface area contributed by atoms with Crippen LogP contribution in [0.5, 0.6) is 5.75 Å². The lowest BCUT2D eigenvalue weighted by atomic mass is 9.76. The Balaban J connectivity index is 3.04. The third-order valence-electron chi connectivity index (χ3n) is 3.48. The van der Waals surface area contributed by atoms with Crippen molar-refractivity contribution in [2.45, 2.75) is 46.5 Å². The fourth-order valence-corrected chi connectivity index (χ4v) is 2.56. The number of ether oxygens (including phenoxy) is 1. The van der Waals surface area contributed by atoms with Gasteiger partial charge < -0.3 is 10.5 Å². The smallest absolute Gasteiger partial charge is 0.122 e. The van der Waals surface area contributed by atoms with Crippen LogP contribution in [-0.4, -0.2) is 13.2 Å². The van der Waals surface area contributed by atoms with Gasteiger partial charge in [0.1, 0.15) is 5.75 Å². The molecule has 0 saturated heterocycles. The number of aryl methyl sites for hydroxylation is 1. The summed E-state index contributed by atoms with van der Waals surface area (Å²) in [5.41, 5.74) is 8.57. The summed E-state index contributed by atoms with van der Waals surface area (Å²) >= 11 is 0. The van der Waals surface area contributed by atoms with Crippen LogP contribution in [0.4, 0.5) is 0 Å². The number of hydrogen-bond donors (Lipinski definition) is 1. The Hall–Kier alpha value is -1.02. The zero-order valence-corrected chi connectivity index (χ0v) is 12.4. The highest BCUT2D eigenvalue weighted by Crippen LogP contribution is 2.32. The van der Waals surface area contributed by atoms with Crippen molar-refractivity contribution in [3.63, 3.8) is 0 Å². The Morgan fingerprint density at radius 2 is 2.00 bits per heavy atom. The first-order valence-corrected chi connectivity index (χ1v) is 6.87. The number of benzene rings is 1. The van der Waals surface area contributed by atoms with Crippen LogP contribution < -0.4 is 10.5 Å². The molecule has 0 aliphatic heterocycles. The highest BCUT2D eigenvalue weighted by Gasteiger charge is 2.26. The van der Waals surface area contributed by atoms with Crippen LogP contribution in [0.2, 0.25) is 0 Å². The van der Waals surface area contributed by atoms with Gasteiger partial charge in [-0.1, -0.05) is 32.9 Å². The minimum Gasteiger partial charge on any atom is -0.494 e. The average molecular weight is 249 g/mol. The molecule has 0 heterocycles. The van der Waals surface area contributed by atoms with Crippen LogP contribution in [0.3, 0.4) is 0 Å². The Morgan fingerprint density at radius 3 is 2.44 bits per heavy atom. The number of rotatable bonds is 6. The Labute approximate surface area is 112 Å². The predicted molar refractivity (Wildman–Crippen MR) is 78.2 cm³/mol. The van der Waals surface area contributed by atoms with Crippen molar-refractivity contribution in [3.05, 3.63) is 29.3 Å². The van der Waals surface area contributed by atoms with Gasteiger partial charge in [-0.2, -0.15) is 0 Å². The van der Waals surface area contributed by atoms with E-state index in [1.54, 1.807) is 0 Å². The third kappa shape index (κ3) is 3.49.